The van der Waals surface area contributed by atoms with Gasteiger partial charge in [-0.2, -0.15) is 5.10 Å². The van der Waals surface area contributed by atoms with Crippen LogP contribution in [0.4, 0.5) is 0 Å². The van der Waals surface area contributed by atoms with Gasteiger partial charge in [0.25, 0.3) is 0 Å². The largest absolute Gasteiger partial charge is 0.493 e. The second kappa shape index (κ2) is 13.2. The Labute approximate surface area is 205 Å². The summed E-state index contributed by atoms with van der Waals surface area (Å²) in [4.78, 5) is 12.1. The minimum absolute atomic E-state index is 0.0786. The van der Waals surface area contributed by atoms with Crippen LogP contribution in [0.1, 0.15) is 64.5 Å². The van der Waals surface area contributed by atoms with Crippen molar-refractivity contribution in [3.63, 3.8) is 0 Å². The third-order valence-corrected chi connectivity index (χ3v) is 5.57. The van der Waals surface area contributed by atoms with Crippen molar-refractivity contribution in [1.82, 2.24) is 5.43 Å². The number of carbonyl (C=O) groups excluding carboxylic acids is 1. The Morgan fingerprint density at radius 2 is 1.73 bits per heavy atom. The topological polar surface area (TPSA) is 69.2 Å². The van der Waals surface area contributed by atoms with E-state index in [1.165, 1.54) is 5.56 Å². The van der Waals surface area contributed by atoms with Gasteiger partial charge in [-0.15, -0.1) is 0 Å². The zero-order chi connectivity index (χ0) is 24.3. The van der Waals surface area contributed by atoms with Gasteiger partial charge in [0.2, 0.25) is 5.91 Å². The Bertz CT molecular complexity index is 938. The van der Waals surface area contributed by atoms with Crippen LogP contribution >= 0.6 is 15.9 Å². The van der Waals surface area contributed by atoms with Gasteiger partial charge < -0.3 is 14.2 Å². The molecule has 0 atom stereocenters. The summed E-state index contributed by atoms with van der Waals surface area (Å²) in [5.41, 5.74) is 4.67. The van der Waals surface area contributed by atoms with Gasteiger partial charge in [0.1, 0.15) is 5.75 Å². The fourth-order valence-electron chi connectivity index (χ4n) is 2.94. The summed E-state index contributed by atoms with van der Waals surface area (Å²) in [6.45, 7) is 9.73. The van der Waals surface area contributed by atoms with Gasteiger partial charge >= 0.3 is 0 Å². The standard InChI is InChI=1S/C26H35BrN2O4/c1-6-7-14-33-23-12-10-19(16-24(23)31-5)18-28-29-25(30)9-8-15-32-22-13-11-20(17-21(22)27)26(2,3)4/h10-13,16-18H,6-9,14-15H2,1-5H3,(H,29,30)/b28-18+. The number of hydrogen-bond acceptors (Lipinski definition) is 5. The molecule has 6 nitrogen and oxygen atoms in total. The zero-order valence-corrected chi connectivity index (χ0v) is 21.8. The van der Waals surface area contributed by atoms with Crippen molar-refractivity contribution < 1.29 is 19.0 Å². The molecule has 1 N–H and O–H groups in total. The smallest absolute Gasteiger partial charge is 0.240 e. The number of nitrogens with one attached hydrogen (secondary N) is 1. The predicted molar refractivity (Wildman–Crippen MR) is 137 cm³/mol. The van der Waals surface area contributed by atoms with E-state index in [2.05, 4.69) is 66.3 Å². The van der Waals surface area contributed by atoms with Crippen molar-refractivity contribution >= 4 is 28.1 Å². The molecule has 0 bridgehead atoms. The molecular formula is C26H35BrN2O4. The van der Waals surface area contributed by atoms with Crippen LogP contribution in [-0.2, 0) is 10.2 Å². The third kappa shape index (κ3) is 9.08. The number of nitrogens with zero attached hydrogens (tertiary/aromatic N) is 1. The number of rotatable bonds is 12. The number of methoxy groups -OCH3 is 1. The maximum Gasteiger partial charge on any atom is 0.240 e. The van der Waals surface area contributed by atoms with Crippen LogP contribution in [0.15, 0.2) is 46.0 Å². The number of hydrazone groups is 1. The maximum absolute atomic E-state index is 12.1. The zero-order valence-electron chi connectivity index (χ0n) is 20.2. The lowest BCUT2D eigenvalue weighted by atomic mass is 9.87. The summed E-state index contributed by atoms with van der Waals surface area (Å²) < 4.78 is 17.8. The molecule has 0 saturated carbocycles. The van der Waals surface area contributed by atoms with Crippen molar-refractivity contribution in [3.05, 3.63) is 52.0 Å². The molecule has 2 aromatic rings. The molecule has 0 unspecified atom stereocenters. The monoisotopic (exact) mass is 518 g/mol. The molecule has 0 aliphatic carbocycles. The van der Waals surface area contributed by atoms with E-state index < -0.39 is 0 Å². The van der Waals surface area contributed by atoms with Crippen molar-refractivity contribution in [2.75, 3.05) is 20.3 Å². The van der Waals surface area contributed by atoms with Gasteiger partial charge in [0, 0.05) is 6.42 Å². The molecule has 7 heteroatoms. The first-order chi connectivity index (χ1) is 15.7. The van der Waals surface area contributed by atoms with Crippen molar-refractivity contribution in [2.24, 2.45) is 5.10 Å². The molecule has 0 saturated heterocycles. The molecule has 0 radical (unpaired) electrons. The van der Waals surface area contributed by atoms with Crippen LogP contribution in [0.5, 0.6) is 17.2 Å². The quantitative estimate of drug-likeness (QED) is 0.205. The average molecular weight is 519 g/mol. The fraction of sp³-hybridized carbons (Fsp3) is 0.462. The molecule has 0 aliphatic heterocycles. The third-order valence-electron chi connectivity index (χ3n) is 4.95. The van der Waals surface area contributed by atoms with Crippen LogP contribution in [0.25, 0.3) is 0 Å². The van der Waals surface area contributed by atoms with E-state index in [-0.39, 0.29) is 11.3 Å². The van der Waals surface area contributed by atoms with Gasteiger partial charge in [0.15, 0.2) is 11.5 Å². The first kappa shape index (κ1) is 26.7. The predicted octanol–water partition coefficient (Wildman–Crippen LogP) is 6.24. The molecule has 0 heterocycles. The second-order valence-electron chi connectivity index (χ2n) is 8.75. The van der Waals surface area contributed by atoms with Crippen molar-refractivity contribution in [3.8, 4) is 17.2 Å². The molecule has 2 aromatic carbocycles. The summed E-state index contributed by atoms with van der Waals surface area (Å²) in [5.74, 6) is 1.95. The normalized spacial score (nSPS) is 11.5. The summed E-state index contributed by atoms with van der Waals surface area (Å²) >= 11 is 3.57. The molecule has 180 valence electrons. The van der Waals surface area contributed by atoms with Crippen molar-refractivity contribution in [1.29, 1.82) is 0 Å². The molecule has 1 amide bonds. The second-order valence-corrected chi connectivity index (χ2v) is 9.61. The van der Waals surface area contributed by atoms with E-state index >= 15 is 0 Å². The molecule has 0 aromatic heterocycles. The Hall–Kier alpha value is -2.54. The van der Waals surface area contributed by atoms with E-state index in [1.807, 2.05) is 24.3 Å². The highest BCUT2D eigenvalue weighted by Crippen LogP contribution is 2.31. The highest BCUT2D eigenvalue weighted by atomic mass is 79.9. The van der Waals surface area contributed by atoms with E-state index in [0.717, 1.165) is 28.6 Å². The van der Waals surface area contributed by atoms with Gasteiger partial charge in [0.05, 0.1) is 31.0 Å². The van der Waals surface area contributed by atoms with Crippen LogP contribution < -0.4 is 19.6 Å². The number of halogens is 1. The number of benzene rings is 2. The molecular weight excluding hydrogens is 484 g/mol. The SMILES string of the molecule is CCCCOc1ccc(/C=N/NC(=O)CCCOc2ccc(C(C)(C)C)cc2Br)cc1OC. The number of hydrogen-bond donors (Lipinski definition) is 1. The maximum atomic E-state index is 12.1. The Balaban J connectivity index is 1.76. The molecule has 0 spiro atoms. The van der Waals surface area contributed by atoms with Crippen LogP contribution in [0.3, 0.4) is 0 Å². The molecule has 2 rings (SSSR count). The number of amides is 1. The molecule has 0 fully saturated rings. The first-order valence-electron chi connectivity index (χ1n) is 11.3. The Morgan fingerprint density at radius 3 is 2.39 bits per heavy atom. The molecule has 0 aliphatic rings. The lowest BCUT2D eigenvalue weighted by Crippen LogP contribution is -2.18. The number of carbonyl (C=O) groups is 1. The summed E-state index contributed by atoms with van der Waals surface area (Å²) in [7, 11) is 1.60. The van der Waals surface area contributed by atoms with E-state index in [0.29, 0.717) is 37.6 Å². The van der Waals surface area contributed by atoms with E-state index in [4.69, 9.17) is 14.2 Å². The van der Waals surface area contributed by atoms with Gasteiger partial charge in [-0.1, -0.05) is 40.2 Å². The van der Waals surface area contributed by atoms with Crippen LogP contribution in [0.2, 0.25) is 0 Å². The summed E-state index contributed by atoms with van der Waals surface area (Å²) in [5, 5.41) is 4.04. The number of unbranched alkanes of at least 4 members (excludes halogenated alkanes) is 1. The molecule has 33 heavy (non-hydrogen) atoms. The van der Waals surface area contributed by atoms with Crippen LogP contribution in [-0.4, -0.2) is 32.4 Å². The first-order valence-corrected chi connectivity index (χ1v) is 12.1. The highest BCUT2D eigenvalue weighted by Gasteiger charge is 2.15. The van der Waals surface area contributed by atoms with Gasteiger partial charge in [-0.05, 0) is 75.6 Å². The minimum atomic E-state index is -0.163. The average Bonchev–Trinajstić information content (AvgIpc) is 2.77. The lowest BCUT2D eigenvalue weighted by molar-refractivity contribution is -0.121. The Kier molecular flexibility index (Phi) is 10.7. The Morgan fingerprint density at radius 1 is 1.03 bits per heavy atom. The number of ether oxygens (including phenoxy) is 3. The minimum Gasteiger partial charge on any atom is -0.493 e. The lowest BCUT2D eigenvalue weighted by Gasteiger charge is -2.20. The van der Waals surface area contributed by atoms with Crippen molar-refractivity contribution in [2.45, 2.75) is 58.8 Å². The van der Waals surface area contributed by atoms with Gasteiger partial charge in [-0.25, -0.2) is 5.43 Å². The van der Waals surface area contributed by atoms with E-state index in [1.54, 1.807) is 13.3 Å². The van der Waals surface area contributed by atoms with E-state index in [9.17, 15) is 4.79 Å². The van der Waals surface area contributed by atoms with Gasteiger partial charge in [-0.3, -0.25) is 4.79 Å². The summed E-state index contributed by atoms with van der Waals surface area (Å²) in [6.07, 6.45) is 4.56. The van der Waals surface area contributed by atoms with Crippen LogP contribution in [0, 0.1) is 0 Å². The summed E-state index contributed by atoms with van der Waals surface area (Å²) in [6, 6.07) is 11.7. The highest BCUT2D eigenvalue weighted by molar-refractivity contribution is 9.10. The fourth-order valence-corrected chi connectivity index (χ4v) is 3.44.